The molecule has 1 aliphatic rings. The van der Waals surface area contributed by atoms with Gasteiger partial charge >= 0.3 is 23.7 Å². The van der Waals surface area contributed by atoms with E-state index in [1.807, 2.05) is 0 Å². The molecular weight excluding hydrogens is 242 g/mol. The van der Waals surface area contributed by atoms with Crippen LogP contribution < -0.4 is 5.46 Å². The molecule has 0 atom stereocenters. The van der Waals surface area contributed by atoms with Gasteiger partial charge in [0.05, 0.1) is 11.2 Å². The topological polar surface area (TPSA) is 27.7 Å². The Morgan fingerprint density at radius 2 is 1.56 bits per heavy atom. The zero-order chi connectivity index (χ0) is 13.4. The van der Waals surface area contributed by atoms with Crippen molar-refractivity contribution in [2.75, 3.05) is 0 Å². The van der Waals surface area contributed by atoms with E-state index in [-0.39, 0.29) is 18.3 Å². The highest BCUT2D eigenvalue weighted by Crippen LogP contribution is 2.36. The van der Waals surface area contributed by atoms with Crippen LogP contribution in [0, 0.1) is 0 Å². The molecule has 0 aliphatic carbocycles. The Morgan fingerprint density at radius 3 is 2.00 bits per heavy atom. The lowest BCUT2D eigenvalue weighted by molar-refractivity contribution is 0.00578. The first-order valence-corrected chi connectivity index (χ1v) is 7.11. The third-order valence-electron chi connectivity index (χ3n) is 3.82. The van der Waals surface area contributed by atoms with Gasteiger partial charge < -0.3 is 13.1 Å². The molecule has 0 radical (unpaired) electrons. The van der Waals surface area contributed by atoms with Gasteiger partial charge in [0.2, 0.25) is 0 Å². The van der Waals surface area contributed by atoms with Crippen molar-refractivity contribution in [1.82, 2.24) is 0 Å². The summed E-state index contributed by atoms with van der Waals surface area (Å²) in [6.45, 7) is 8.96. The summed E-state index contributed by atoms with van der Waals surface area (Å²) in [5.41, 5.74) is 1.68. The Labute approximate surface area is 118 Å². The second-order valence-electron chi connectivity index (χ2n) is 5.76. The maximum Gasteiger partial charge on any atom is 0.494 e. The summed E-state index contributed by atoms with van der Waals surface area (Å²) in [7, 11) is -0.277. The van der Waals surface area contributed by atoms with E-state index in [0.29, 0.717) is 6.61 Å². The average molecular weight is 262 g/mol. The van der Waals surface area contributed by atoms with Crippen molar-refractivity contribution in [2.45, 2.75) is 45.5 Å². The number of rotatable bonds is 3. The van der Waals surface area contributed by atoms with E-state index >= 15 is 0 Å². The van der Waals surface area contributed by atoms with Crippen LogP contribution in [0.25, 0.3) is 0 Å². The molecule has 0 aromatic heterocycles. The molecule has 0 unspecified atom stereocenters. The van der Waals surface area contributed by atoms with Crippen LogP contribution in [0.5, 0.6) is 0 Å². The maximum absolute atomic E-state index is 6.00. The highest BCUT2D eigenvalue weighted by Gasteiger charge is 2.51. The van der Waals surface area contributed by atoms with Crippen LogP contribution in [0.3, 0.4) is 0 Å². The van der Waals surface area contributed by atoms with Crippen molar-refractivity contribution in [3.63, 3.8) is 0 Å². The van der Waals surface area contributed by atoms with Crippen LogP contribution in [0.4, 0.5) is 0 Å². The molecule has 96 valence electrons. The van der Waals surface area contributed by atoms with Gasteiger partial charge in [-0.2, -0.15) is 0 Å². The van der Waals surface area contributed by atoms with E-state index < -0.39 is 0 Å². The van der Waals surface area contributed by atoms with Crippen molar-refractivity contribution in [3.05, 3.63) is 29.8 Å². The molecule has 1 heterocycles. The van der Waals surface area contributed by atoms with Gasteiger partial charge in [0, 0.05) is 6.61 Å². The minimum Gasteiger partial charge on any atom is -0.503 e. The predicted octanol–water partition coefficient (Wildman–Crippen LogP) is 1.05. The zero-order valence-corrected chi connectivity index (χ0v) is 13.8. The van der Waals surface area contributed by atoms with Gasteiger partial charge in [0.1, 0.15) is 0 Å². The number of benzene rings is 1. The summed E-state index contributed by atoms with van der Waals surface area (Å²) in [6, 6.07) is 8.24. The summed E-state index contributed by atoms with van der Waals surface area (Å²) < 4.78 is 17.2. The SMILES string of the molecule is CC1(C)OB(c2ccc(C[O][AlH2])cc2)OC1(C)C. The van der Waals surface area contributed by atoms with Crippen LogP contribution in [-0.4, -0.2) is 34.9 Å². The van der Waals surface area contributed by atoms with Crippen LogP contribution in [0.15, 0.2) is 24.3 Å². The molecule has 1 saturated heterocycles. The minimum absolute atomic E-state index is 0.277. The van der Waals surface area contributed by atoms with Crippen LogP contribution in [0.1, 0.15) is 33.3 Å². The standard InChI is InChI=1S/C13H18BO3.Al.2H/c1-12(2)13(3,4)17-14(16-12)11-7-5-10(9-15)6-8-11;;;/h5-8H,9H2,1-4H3;;;/q-1;+1;;. The average Bonchev–Trinajstić information content (AvgIpc) is 2.50. The lowest BCUT2D eigenvalue weighted by Crippen LogP contribution is -2.41. The fourth-order valence-corrected chi connectivity index (χ4v) is 2.25. The summed E-state index contributed by atoms with van der Waals surface area (Å²) >= 11 is 0.767. The monoisotopic (exact) mass is 262 g/mol. The molecule has 1 aromatic carbocycles. The van der Waals surface area contributed by atoms with Crippen molar-refractivity contribution in [3.8, 4) is 0 Å². The summed E-state index contributed by atoms with van der Waals surface area (Å²) in [5.74, 6) is 0. The first kappa shape index (κ1) is 14.1. The molecule has 0 amide bonds. The molecule has 1 fully saturated rings. The van der Waals surface area contributed by atoms with E-state index in [0.717, 1.165) is 22.1 Å². The Balaban J connectivity index is 2.14. The van der Waals surface area contributed by atoms with Gasteiger partial charge in [-0.1, -0.05) is 24.3 Å². The molecule has 1 aliphatic heterocycles. The molecular formula is C13H20AlBO3. The summed E-state index contributed by atoms with van der Waals surface area (Å²) in [5, 5.41) is 0. The van der Waals surface area contributed by atoms with E-state index in [9.17, 15) is 0 Å². The molecule has 1 aromatic rings. The largest absolute Gasteiger partial charge is 0.503 e. The molecule has 0 bridgehead atoms. The lowest BCUT2D eigenvalue weighted by atomic mass is 9.79. The van der Waals surface area contributed by atoms with Gasteiger partial charge in [0.15, 0.2) is 0 Å². The van der Waals surface area contributed by atoms with E-state index in [1.54, 1.807) is 0 Å². The Morgan fingerprint density at radius 1 is 1.06 bits per heavy atom. The zero-order valence-electron chi connectivity index (χ0n) is 11.8. The molecule has 5 heteroatoms. The van der Waals surface area contributed by atoms with Crippen molar-refractivity contribution in [2.24, 2.45) is 0 Å². The van der Waals surface area contributed by atoms with Crippen molar-refractivity contribution < 1.29 is 13.1 Å². The third kappa shape index (κ3) is 2.66. The van der Waals surface area contributed by atoms with E-state index in [2.05, 4.69) is 52.0 Å². The van der Waals surface area contributed by atoms with Gasteiger partial charge in [-0.3, -0.25) is 0 Å². The Kier molecular flexibility index (Phi) is 3.92. The Hall–Kier alpha value is -0.303. The quantitative estimate of drug-likeness (QED) is 0.762. The van der Waals surface area contributed by atoms with Crippen LogP contribution >= 0.6 is 0 Å². The van der Waals surface area contributed by atoms with Gasteiger partial charge in [-0.25, -0.2) is 0 Å². The molecule has 18 heavy (non-hydrogen) atoms. The second-order valence-corrected chi connectivity index (χ2v) is 6.34. The highest BCUT2D eigenvalue weighted by atomic mass is 27.1. The van der Waals surface area contributed by atoms with E-state index in [1.165, 1.54) is 5.56 Å². The van der Waals surface area contributed by atoms with E-state index in [4.69, 9.17) is 13.1 Å². The number of hydrogen-bond acceptors (Lipinski definition) is 3. The fraction of sp³-hybridized carbons (Fsp3) is 0.538. The fourth-order valence-electron chi connectivity index (χ4n) is 1.92. The molecule has 3 nitrogen and oxygen atoms in total. The second kappa shape index (κ2) is 5.00. The third-order valence-corrected chi connectivity index (χ3v) is 4.10. The predicted molar refractivity (Wildman–Crippen MR) is 75.5 cm³/mol. The van der Waals surface area contributed by atoms with Gasteiger partial charge in [-0.05, 0) is 38.7 Å². The van der Waals surface area contributed by atoms with Gasteiger partial charge in [-0.15, -0.1) is 0 Å². The van der Waals surface area contributed by atoms with Gasteiger partial charge in [0.25, 0.3) is 0 Å². The molecule has 2 rings (SSSR count). The van der Waals surface area contributed by atoms with Crippen molar-refractivity contribution >= 4 is 29.2 Å². The lowest BCUT2D eigenvalue weighted by Gasteiger charge is -2.32. The molecule has 0 N–H and O–H groups in total. The highest BCUT2D eigenvalue weighted by molar-refractivity contribution is 6.62. The summed E-state index contributed by atoms with van der Waals surface area (Å²) in [6.07, 6.45) is 0. The maximum atomic E-state index is 6.00. The minimum atomic E-state index is -0.283. The smallest absolute Gasteiger partial charge is 0.494 e. The van der Waals surface area contributed by atoms with Crippen LogP contribution in [0.2, 0.25) is 0 Å². The number of hydrogen-bond donors (Lipinski definition) is 0. The molecule has 0 saturated carbocycles. The normalized spacial score (nSPS) is 21.2. The van der Waals surface area contributed by atoms with Crippen LogP contribution in [-0.2, 0) is 19.7 Å². The molecule has 0 spiro atoms. The van der Waals surface area contributed by atoms with Crippen molar-refractivity contribution in [1.29, 1.82) is 0 Å². The Bertz CT molecular complexity index is 401. The summed E-state index contributed by atoms with van der Waals surface area (Å²) in [4.78, 5) is 0. The first-order chi connectivity index (χ1) is 8.36. The first-order valence-electron chi connectivity index (χ1n) is 6.29.